The fraction of sp³-hybridized carbons (Fsp3) is 0.0417. The molecule has 0 aromatic heterocycles. The summed E-state index contributed by atoms with van der Waals surface area (Å²) in [4.78, 5) is 38.3. The summed E-state index contributed by atoms with van der Waals surface area (Å²) in [6, 6.07) is 14.4. The first kappa shape index (κ1) is 22.2. The lowest BCUT2D eigenvalue weighted by molar-refractivity contribution is -0.122. The van der Waals surface area contributed by atoms with Gasteiger partial charge < -0.3 is 4.74 Å². The van der Waals surface area contributed by atoms with Crippen molar-refractivity contribution in [2.75, 3.05) is 4.90 Å². The number of anilines is 1. The van der Waals surface area contributed by atoms with Crippen molar-refractivity contribution in [3.63, 3.8) is 0 Å². The van der Waals surface area contributed by atoms with Gasteiger partial charge in [0, 0.05) is 10.6 Å². The smallest absolute Gasteiger partial charge is 0.336 e. The Balaban J connectivity index is 1.68. The Morgan fingerprint density at radius 2 is 1.70 bits per heavy atom. The second-order valence-electron chi connectivity index (χ2n) is 7.01. The van der Waals surface area contributed by atoms with Gasteiger partial charge in [0.15, 0.2) is 0 Å². The van der Waals surface area contributed by atoms with Gasteiger partial charge in [0.1, 0.15) is 29.6 Å². The van der Waals surface area contributed by atoms with Crippen molar-refractivity contribution in [2.45, 2.75) is 6.61 Å². The van der Waals surface area contributed by atoms with Crippen molar-refractivity contribution in [1.29, 1.82) is 0 Å². The molecule has 1 heterocycles. The second kappa shape index (κ2) is 9.22. The Hall–Kier alpha value is -4.04. The van der Waals surface area contributed by atoms with E-state index < -0.39 is 29.2 Å². The van der Waals surface area contributed by atoms with Crippen LogP contribution in [-0.2, 0) is 16.2 Å². The van der Waals surface area contributed by atoms with Gasteiger partial charge in [-0.15, -0.1) is 0 Å². The zero-order valence-electron chi connectivity index (χ0n) is 16.8. The van der Waals surface area contributed by atoms with Gasteiger partial charge in [-0.25, -0.2) is 18.5 Å². The summed E-state index contributed by atoms with van der Waals surface area (Å²) in [6.45, 7) is 0.0814. The topological polar surface area (TPSA) is 75.7 Å². The number of urea groups is 1. The number of rotatable bonds is 5. The molecule has 0 bridgehead atoms. The molecule has 0 spiro atoms. The molecule has 1 fully saturated rings. The summed E-state index contributed by atoms with van der Waals surface area (Å²) in [5, 5.41) is 2.34. The van der Waals surface area contributed by atoms with Gasteiger partial charge in [-0.2, -0.15) is 0 Å². The number of halogens is 3. The van der Waals surface area contributed by atoms with Crippen LogP contribution in [0.15, 0.2) is 72.3 Å². The van der Waals surface area contributed by atoms with E-state index >= 15 is 0 Å². The minimum atomic E-state index is -1.06. The van der Waals surface area contributed by atoms with E-state index in [1.807, 2.05) is 5.32 Å². The summed E-state index contributed by atoms with van der Waals surface area (Å²) in [7, 11) is 0. The van der Waals surface area contributed by atoms with Crippen LogP contribution in [0.5, 0.6) is 5.75 Å². The van der Waals surface area contributed by atoms with Crippen molar-refractivity contribution in [3.8, 4) is 5.75 Å². The fourth-order valence-corrected chi connectivity index (χ4v) is 3.35. The van der Waals surface area contributed by atoms with Gasteiger partial charge in [-0.1, -0.05) is 35.9 Å². The van der Waals surface area contributed by atoms with Gasteiger partial charge >= 0.3 is 6.03 Å². The van der Waals surface area contributed by atoms with E-state index in [0.717, 1.165) is 6.07 Å². The molecule has 0 aliphatic carbocycles. The third-order valence-electron chi connectivity index (χ3n) is 4.77. The molecule has 1 saturated heterocycles. The molecule has 3 aromatic rings. The van der Waals surface area contributed by atoms with Crippen molar-refractivity contribution in [2.24, 2.45) is 0 Å². The lowest BCUT2D eigenvalue weighted by atomic mass is 10.1. The third-order valence-corrected chi connectivity index (χ3v) is 5.01. The maximum Gasteiger partial charge on any atom is 0.336 e. The van der Waals surface area contributed by atoms with E-state index in [9.17, 15) is 23.2 Å². The van der Waals surface area contributed by atoms with Crippen LogP contribution < -0.4 is 15.0 Å². The summed E-state index contributed by atoms with van der Waals surface area (Å²) in [5.74, 6) is -2.85. The van der Waals surface area contributed by atoms with Crippen LogP contribution >= 0.6 is 11.6 Å². The van der Waals surface area contributed by atoms with Gasteiger partial charge in [0.05, 0.1) is 5.69 Å². The number of nitrogens with zero attached hydrogens (tertiary/aromatic N) is 1. The van der Waals surface area contributed by atoms with E-state index in [2.05, 4.69) is 0 Å². The normalized spacial score (nSPS) is 15.1. The van der Waals surface area contributed by atoms with Crippen LogP contribution in [-0.4, -0.2) is 17.8 Å². The van der Waals surface area contributed by atoms with Gasteiger partial charge in [-0.3, -0.25) is 14.9 Å². The average Bonchev–Trinajstić information content (AvgIpc) is 2.78. The highest BCUT2D eigenvalue weighted by molar-refractivity contribution is 6.39. The number of amides is 4. The molecule has 0 saturated carbocycles. The largest absolute Gasteiger partial charge is 0.488 e. The maximum absolute atomic E-state index is 14.2. The molecular formula is C24H15ClF2N2O4. The molecule has 166 valence electrons. The number of benzene rings is 3. The van der Waals surface area contributed by atoms with Crippen LogP contribution in [0, 0.1) is 11.6 Å². The number of para-hydroxylation sites is 1. The van der Waals surface area contributed by atoms with Crippen LogP contribution in [0.1, 0.15) is 11.1 Å². The predicted molar refractivity (Wildman–Crippen MR) is 118 cm³/mol. The van der Waals surface area contributed by atoms with Crippen molar-refractivity contribution in [3.05, 3.63) is 100 Å². The third kappa shape index (κ3) is 4.75. The van der Waals surface area contributed by atoms with Crippen molar-refractivity contribution < 1.29 is 27.9 Å². The lowest BCUT2D eigenvalue weighted by Crippen LogP contribution is -2.54. The first-order valence-electron chi connectivity index (χ1n) is 9.66. The van der Waals surface area contributed by atoms with Gasteiger partial charge in [0.2, 0.25) is 0 Å². The maximum atomic E-state index is 14.2. The minimum absolute atomic E-state index is 0.0814. The van der Waals surface area contributed by atoms with Crippen molar-refractivity contribution >= 4 is 41.2 Å². The van der Waals surface area contributed by atoms with Crippen molar-refractivity contribution in [1.82, 2.24) is 5.32 Å². The Morgan fingerprint density at radius 1 is 0.970 bits per heavy atom. The van der Waals surface area contributed by atoms with E-state index in [1.54, 1.807) is 24.3 Å². The molecule has 4 amide bonds. The average molecular weight is 469 g/mol. The number of carbonyl (C=O) groups is 3. The molecule has 9 heteroatoms. The van der Waals surface area contributed by atoms with Crippen LogP contribution in [0.3, 0.4) is 0 Å². The summed E-state index contributed by atoms with van der Waals surface area (Å²) in [6.07, 6.45) is 1.21. The lowest BCUT2D eigenvalue weighted by Gasteiger charge is -2.26. The molecule has 0 radical (unpaired) electrons. The molecule has 1 N–H and O–H groups in total. The Bertz CT molecular complexity index is 1290. The number of ether oxygens (including phenoxy) is 1. The Kier molecular flexibility index (Phi) is 6.19. The number of hydrogen-bond acceptors (Lipinski definition) is 4. The Morgan fingerprint density at radius 3 is 2.42 bits per heavy atom. The molecular weight excluding hydrogens is 454 g/mol. The second-order valence-corrected chi connectivity index (χ2v) is 7.44. The number of barbiturate groups is 1. The molecule has 1 aliphatic rings. The summed E-state index contributed by atoms with van der Waals surface area (Å²) in [5.41, 5.74) is 0.266. The Labute approximate surface area is 192 Å². The highest BCUT2D eigenvalue weighted by Gasteiger charge is 2.38. The number of nitrogens with one attached hydrogen (secondary N) is 1. The SMILES string of the molecule is O=C1NC(=O)N(c2ccccc2F)C(=O)/C1=C\c1cc(Cl)ccc1OCc1ccc(F)cc1. The molecule has 3 aromatic carbocycles. The van der Waals surface area contributed by atoms with E-state index in [-0.39, 0.29) is 29.4 Å². The molecule has 0 unspecified atom stereocenters. The quantitative estimate of drug-likeness (QED) is 0.428. The zero-order valence-corrected chi connectivity index (χ0v) is 17.6. The predicted octanol–water partition coefficient (Wildman–Crippen LogP) is 4.86. The van der Waals surface area contributed by atoms with E-state index in [4.69, 9.17) is 16.3 Å². The zero-order chi connectivity index (χ0) is 23.5. The molecule has 1 aliphatic heterocycles. The molecule has 33 heavy (non-hydrogen) atoms. The van der Waals surface area contributed by atoms with Crippen LogP contribution in [0.25, 0.3) is 6.08 Å². The number of carbonyl (C=O) groups excluding carboxylic acids is 3. The number of imide groups is 2. The monoisotopic (exact) mass is 468 g/mol. The van der Waals surface area contributed by atoms with E-state index in [0.29, 0.717) is 15.5 Å². The fourth-order valence-electron chi connectivity index (χ4n) is 3.17. The van der Waals surface area contributed by atoms with E-state index in [1.165, 1.54) is 42.5 Å². The molecule has 0 atom stereocenters. The van der Waals surface area contributed by atoms with Crippen LogP contribution in [0.2, 0.25) is 5.02 Å². The highest BCUT2D eigenvalue weighted by Crippen LogP contribution is 2.29. The van der Waals surface area contributed by atoms with Gasteiger partial charge in [0.25, 0.3) is 11.8 Å². The highest BCUT2D eigenvalue weighted by atomic mass is 35.5. The standard InChI is InChI=1S/C24H15ClF2N2O4/c25-16-7-10-21(33-13-14-5-8-17(26)9-6-14)15(11-16)12-18-22(30)28-24(32)29(23(18)31)20-4-2-1-3-19(20)27/h1-12H,13H2,(H,28,30,32)/b18-12-. The van der Waals surface area contributed by atoms with Crippen LogP contribution in [0.4, 0.5) is 19.3 Å². The molecule has 6 nitrogen and oxygen atoms in total. The summed E-state index contributed by atoms with van der Waals surface area (Å²) >= 11 is 6.08. The number of hydrogen-bond donors (Lipinski definition) is 1. The molecule has 4 rings (SSSR count). The summed E-state index contributed by atoms with van der Waals surface area (Å²) < 4.78 is 33.1. The first-order valence-corrected chi connectivity index (χ1v) is 10.0. The first-order chi connectivity index (χ1) is 15.8. The minimum Gasteiger partial charge on any atom is -0.488 e. The van der Waals surface area contributed by atoms with Gasteiger partial charge in [-0.05, 0) is 54.1 Å².